The van der Waals surface area contributed by atoms with Gasteiger partial charge in [0.05, 0.1) is 7.11 Å². The summed E-state index contributed by atoms with van der Waals surface area (Å²) in [4.78, 5) is 24.9. The van der Waals surface area contributed by atoms with Crippen LogP contribution < -0.4 is 10.1 Å². The summed E-state index contributed by atoms with van der Waals surface area (Å²) in [5, 5.41) is 2.73. The van der Waals surface area contributed by atoms with Crippen molar-refractivity contribution in [2.24, 2.45) is 0 Å². The van der Waals surface area contributed by atoms with Gasteiger partial charge in [-0.05, 0) is 36.4 Å². The van der Waals surface area contributed by atoms with E-state index in [0.29, 0.717) is 17.9 Å². The molecule has 1 amide bonds. The van der Waals surface area contributed by atoms with Gasteiger partial charge < -0.3 is 14.8 Å². The molecule has 0 saturated heterocycles. The average Bonchev–Trinajstić information content (AvgIpc) is 2.66. The number of hydrogen-bond donors (Lipinski definition) is 1. The highest BCUT2D eigenvalue weighted by atomic mass is 32.2. The topological polar surface area (TPSA) is 64.6 Å². The predicted octanol–water partition coefficient (Wildman–Crippen LogP) is 2.93. The van der Waals surface area contributed by atoms with Gasteiger partial charge in [-0.15, -0.1) is 11.8 Å². The van der Waals surface area contributed by atoms with Gasteiger partial charge in [0.2, 0.25) is 0 Å². The number of carbonyl (C=O) groups excluding carboxylic acids is 2. The Morgan fingerprint density at radius 1 is 1.12 bits per heavy atom. The van der Waals surface area contributed by atoms with Gasteiger partial charge in [0.25, 0.3) is 5.91 Å². The standard InChI is InChI=1S/C19H21NO4S/c1-23-17-12-15(25-2)8-9-16(17)19(22)24-13-18(21)20-11-10-14-6-4-3-5-7-14/h3-9,12H,10-11,13H2,1-2H3,(H,20,21). The van der Waals surface area contributed by atoms with Gasteiger partial charge in [0.1, 0.15) is 11.3 Å². The molecular formula is C19H21NO4S. The Kier molecular flexibility index (Phi) is 7.35. The minimum absolute atomic E-state index is 0.303. The first-order valence-electron chi connectivity index (χ1n) is 7.84. The molecule has 0 radical (unpaired) electrons. The molecule has 5 nitrogen and oxygen atoms in total. The molecule has 0 saturated carbocycles. The largest absolute Gasteiger partial charge is 0.496 e. The number of hydrogen-bond acceptors (Lipinski definition) is 5. The van der Waals surface area contributed by atoms with Crippen molar-refractivity contribution in [2.75, 3.05) is 26.5 Å². The molecule has 1 N–H and O–H groups in total. The summed E-state index contributed by atoms with van der Waals surface area (Å²) in [5.41, 5.74) is 1.44. The summed E-state index contributed by atoms with van der Waals surface area (Å²) >= 11 is 1.55. The lowest BCUT2D eigenvalue weighted by Crippen LogP contribution is -2.30. The number of rotatable bonds is 8. The summed E-state index contributed by atoms with van der Waals surface area (Å²) in [7, 11) is 1.49. The Morgan fingerprint density at radius 2 is 1.88 bits per heavy atom. The maximum atomic E-state index is 12.1. The Morgan fingerprint density at radius 3 is 2.56 bits per heavy atom. The zero-order chi connectivity index (χ0) is 18.1. The third-order valence-corrected chi connectivity index (χ3v) is 4.27. The molecule has 0 aliphatic carbocycles. The molecule has 2 aromatic rings. The highest BCUT2D eigenvalue weighted by molar-refractivity contribution is 7.98. The smallest absolute Gasteiger partial charge is 0.342 e. The molecule has 6 heteroatoms. The minimum Gasteiger partial charge on any atom is -0.496 e. The number of esters is 1. The van der Waals surface area contributed by atoms with Crippen LogP contribution in [0.15, 0.2) is 53.4 Å². The molecule has 2 aromatic carbocycles. The molecule has 0 atom stereocenters. The zero-order valence-corrected chi connectivity index (χ0v) is 15.1. The predicted molar refractivity (Wildman–Crippen MR) is 98.2 cm³/mol. The van der Waals surface area contributed by atoms with Gasteiger partial charge in [0.15, 0.2) is 6.61 Å². The second-order valence-electron chi connectivity index (χ2n) is 5.23. The number of carbonyl (C=O) groups is 2. The van der Waals surface area contributed by atoms with Crippen LogP contribution in [-0.2, 0) is 16.0 Å². The molecule has 0 bridgehead atoms. The van der Waals surface area contributed by atoms with Crippen molar-refractivity contribution in [3.05, 3.63) is 59.7 Å². The number of nitrogens with one attached hydrogen (secondary N) is 1. The fraction of sp³-hybridized carbons (Fsp3) is 0.263. The lowest BCUT2D eigenvalue weighted by Gasteiger charge is -2.10. The second-order valence-corrected chi connectivity index (χ2v) is 6.11. The fourth-order valence-corrected chi connectivity index (χ4v) is 2.65. The van der Waals surface area contributed by atoms with Crippen LogP contribution in [0.5, 0.6) is 5.75 Å². The first kappa shape index (κ1) is 18.9. The SMILES string of the molecule is COc1cc(SC)ccc1C(=O)OCC(=O)NCCc1ccccc1. The number of methoxy groups -OCH3 is 1. The monoisotopic (exact) mass is 359 g/mol. The third kappa shape index (κ3) is 5.83. The van der Waals surface area contributed by atoms with Crippen molar-refractivity contribution in [1.82, 2.24) is 5.32 Å². The zero-order valence-electron chi connectivity index (χ0n) is 14.3. The molecule has 0 aliphatic rings. The molecule has 0 fully saturated rings. The van der Waals surface area contributed by atoms with Gasteiger partial charge >= 0.3 is 5.97 Å². The van der Waals surface area contributed by atoms with Crippen molar-refractivity contribution in [2.45, 2.75) is 11.3 Å². The first-order valence-corrected chi connectivity index (χ1v) is 9.06. The average molecular weight is 359 g/mol. The summed E-state index contributed by atoms with van der Waals surface area (Å²) in [6, 6.07) is 15.1. The lowest BCUT2D eigenvalue weighted by atomic mass is 10.1. The van der Waals surface area contributed by atoms with Gasteiger partial charge in [-0.2, -0.15) is 0 Å². The van der Waals surface area contributed by atoms with E-state index in [-0.39, 0.29) is 12.5 Å². The van der Waals surface area contributed by atoms with E-state index < -0.39 is 5.97 Å². The molecule has 0 heterocycles. The quantitative estimate of drug-likeness (QED) is 0.580. The normalized spacial score (nSPS) is 10.2. The van der Waals surface area contributed by atoms with E-state index in [0.717, 1.165) is 16.9 Å². The van der Waals surface area contributed by atoms with Crippen molar-refractivity contribution in [1.29, 1.82) is 0 Å². The molecule has 0 aromatic heterocycles. The number of amides is 1. The van der Waals surface area contributed by atoms with Crippen LogP contribution >= 0.6 is 11.8 Å². The van der Waals surface area contributed by atoms with E-state index in [1.54, 1.807) is 23.9 Å². The molecule has 0 unspecified atom stereocenters. The van der Waals surface area contributed by atoms with E-state index in [1.807, 2.05) is 42.7 Å². The van der Waals surface area contributed by atoms with Crippen molar-refractivity contribution < 1.29 is 19.1 Å². The summed E-state index contributed by atoms with van der Waals surface area (Å²) in [5.74, 6) is -0.479. The van der Waals surface area contributed by atoms with Crippen LogP contribution in [0.3, 0.4) is 0 Å². The Hall–Kier alpha value is -2.47. The van der Waals surface area contributed by atoms with Crippen LogP contribution in [-0.4, -0.2) is 38.4 Å². The first-order chi connectivity index (χ1) is 12.1. The summed E-state index contributed by atoms with van der Waals surface area (Å²) in [6.45, 7) is 0.174. The van der Waals surface area contributed by atoms with Crippen LogP contribution in [0, 0.1) is 0 Å². The molecule has 2 rings (SSSR count). The van der Waals surface area contributed by atoms with Crippen molar-refractivity contribution >= 4 is 23.6 Å². The highest BCUT2D eigenvalue weighted by Crippen LogP contribution is 2.25. The van der Waals surface area contributed by atoms with Gasteiger partial charge in [-0.1, -0.05) is 30.3 Å². The van der Waals surface area contributed by atoms with Crippen LogP contribution in [0.25, 0.3) is 0 Å². The van der Waals surface area contributed by atoms with E-state index in [2.05, 4.69) is 5.32 Å². The van der Waals surface area contributed by atoms with E-state index in [4.69, 9.17) is 9.47 Å². The van der Waals surface area contributed by atoms with E-state index in [1.165, 1.54) is 7.11 Å². The Balaban J connectivity index is 1.80. The summed E-state index contributed by atoms with van der Waals surface area (Å²) in [6.07, 6.45) is 2.66. The third-order valence-electron chi connectivity index (χ3n) is 3.54. The van der Waals surface area contributed by atoms with Gasteiger partial charge in [-0.3, -0.25) is 4.79 Å². The Bertz CT molecular complexity index is 719. The van der Waals surface area contributed by atoms with Gasteiger partial charge in [0, 0.05) is 11.4 Å². The highest BCUT2D eigenvalue weighted by Gasteiger charge is 2.15. The fourth-order valence-electron chi connectivity index (χ4n) is 2.22. The number of benzene rings is 2. The molecular weight excluding hydrogens is 338 g/mol. The van der Waals surface area contributed by atoms with Crippen LogP contribution in [0.2, 0.25) is 0 Å². The molecule has 132 valence electrons. The van der Waals surface area contributed by atoms with Crippen LogP contribution in [0.4, 0.5) is 0 Å². The second kappa shape index (κ2) is 9.74. The minimum atomic E-state index is -0.581. The number of ether oxygens (including phenoxy) is 2. The van der Waals surface area contributed by atoms with Crippen molar-refractivity contribution in [3.63, 3.8) is 0 Å². The number of thioether (sulfide) groups is 1. The van der Waals surface area contributed by atoms with Gasteiger partial charge in [-0.25, -0.2) is 4.79 Å². The van der Waals surface area contributed by atoms with E-state index in [9.17, 15) is 9.59 Å². The molecule has 0 spiro atoms. The maximum absolute atomic E-state index is 12.1. The summed E-state index contributed by atoms with van der Waals surface area (Å²) < 4.78 is 10.3. The Labute approximate surface area is 151 Å². The van der Waals surface area contributed by atoms with E-state index >= 15 is 0 Å². The lowest BCUT2D eigenvalue weighted by molar-refractivity contribution is -0.124. The van der Waals surface area contributed by atoms with Crippen molar-refractivity contribution in [3.8, 4) is 5.75 Å². The maximum Gasteiger partial charge on any atom is 0.342 e. The van der Waals surface area contributed by atoms with Crippen LogP contribution in [0.1, 0.15) is 15.9 Å². The molecule has 25 heavy (non-hydrogen) atoms. The molecule has 0 aliphatic heterocycles.